The Balaban J connectivity index is 1.79. The van der Waals surface area contributed by atoms with Gasteiger partial charge in [0.2, 0.25) is 0 Å². The Hall–Kier alpha value is -2.19. The summed E-state index contributed by atoms with van der Waals surface area (Å²) in [5.41, 5.74) is 0.758. The first-order valence-corrected chi connectivity index (χ1v) is 9.15. The largest absolute Gasteiger partial charge is 0.377 e. The molecule has 8 heteroatoms. The Morgan fingerprint density at radius 1 is 1.31 bits per heavy atom. The molecule has 0 saturated carbocycles. The Kier molecular flexibility index (Phi) is 5.43. The summed E-state index contributed by atoms with van der Waals surface area (Å²) in [6.45, 7) is 5.02. The van der Waals surface area contributed by atoms with Crippen molar-refractivity contribution in [1.29, 1.82) is 0 Å². The van der Waals surface area contributed by atoms with Crippen LogP contribution in [0.5, 0.6) is 0 Å². The fourth-order valence-electron chi connectivity index (χ4n) is 3.05. The number of ether oxygens (including phenoxy) is 1. The third-order valence-corrected chi connectivity index (χ3v) is 4.76. The van der Waals surface area contributed by atoms with Crippen molar-refractivity contribution in [3.8, 4) is 0 Å². The standard InChI is InChI=1S/C18H21BrN4O3/c1-11-9-26-10-12(2)23(11)17(24)13-4-5-16(20-7-13)21-15-6-14(19)8-22(3)18(15)25/h4-8,11-12H,9-10H2,1-3H3,(H,20,21). The minimum atomic E-state index is -0.161. The van der Waals surface area contributed by atoms with Gasteiger partial charge in [-0.2, -0.15) is 0 Å². The second kappa shape index (κ2) is 7.59. The van der Waals surface area contributed by atoms with Gasteiger partial charge in [0.25, 0.3) is 11.5 Å². The van der Waals surface area contributed by atoms with Crippen molar-refractivity contribution in [2.24, 2.45) is 7.05 Å². The lowest BCUT2D eigenvalue weighted by Crippen LogP contribution is -2.52. The maximum Gasteiger partial charge on any atom is 0.274 e. The highest BCUT2D eigenvalue weighted by atomic mass is 79.9. The van der Waals surface area contributed by atoms with E-state index >= 15 is 0 Å². The zero-order valence-corrected chi connectivity index (χ0v) is 16.5. The minimum absolute atomic E-state index is 0.0220. The predicted octanol–water partition coefficient (Wildman–Crippen LogP) is 2.54. The zero-order valence-electron chi connectivity index (χ0n) is 14.9. The number of nitrogens with one attached hydrogen (secondary N) is 1. The van der Waals surface area contributed by atoms with Crippen molar-refractivity contribution in [2.75, 3.05) is 18.5 Å². The van der Waals surface area contributed by atoms with Crippen LogP contribution in [-0.2, 0) is 11.8 Å². The number of aromatic nitrogens is 2. The SMILES string of the molecule is CC1COCC(C)N1C(=O)c1ccc(Nc2cc(Br)cn(C)c2=O)nc1. The summed E-state index contributed by atoms with van der Waals surface area (Å²) in [6, 6.07) is 5.15. The molecule has 138 valence electrons. The second-order valence-corrected chi connectivity index (χ2v) is 7.41. The molecule has 1 aliphatic rings. The summed E-state index contributed by atoms with van der Waals surface area (Å²) >= 11 is 3.37. The molecule has 0 bridgehead atoms. The number of anilines is 2. The average Bonchev–Trinajstić information content (AvgIpc) is 2.59. The lowest BCUT2D eigenvalue weighted by atomic mass is 10.1. The summed E-state index contributed by atoms with van der Waals surface area (Å²) in [5, 5.41) is 3.00. The van der Waals surface area contributed by atoms with Gasteiger partial charge in [0.05, 0.1) is 30.9 Å². The van der Waals surface area contributed by atoms with Gasteiger partial charge in [-0.15, -0.1) is 0 Å². The van der Waals surface area contributed by atoms with Crippen LogP contribution in [0.3, 0.4) is 0 Å². The number of aryl methyl sites for hydroxylation is 1. The van der Waals surface area contributed by atoms with Gasteiger partial charge < -0.3 is 19.5 Å². The third kappa shape index (κ3) is 3.81. The highest BCUT2D eigenvalue weighted by Gasteiger charge is 2.30. The number of pyridine rings is 2. The Morgan fingerprint density at radius 2 is 2.00 bits per heavy atom. The molecular formula is C18H21BrN4O3. The van der Waals surface area contributed by atoms with Crippen molar-refractivity contribution in [2.45, 2.75) is 25.9 Å². The molecule has 3 heterocycles. The number of halogens is 1. The van der Waals surface area contributed by atoms with Gasteiger partial charge in [0.1, 0.15) is 11.5 Å². The van der Waals surface area contributed by atoms with E-state index < -0.39 is 0 Å². The van der Waals surface area contributed by atoms with Crippen molar-refractivity contribution < 1.29 is 9.53 Å². The van der Waals surface area contributed by atoms with E-state index in [4.69, 9.17) is 4.74 Å². The van der Waals surface area contributed by atoms with Crippen molar-refractivity contribution in [3.63, 3.8) is 0 Å². The number of rotatable bonds is 3. The summed E-state index contributed by atoms with van der Waals surface area (Å²) < 4.78 is 7.73. The van der Waals surface area contributed by atoms with E-state index in [-0.39, 0.29) is 23.6 Å². The van der Waals surface area contributed by atoms with Crippen LogP contribution in [0.2, 0.25) is 0 Å². The summed E-state index contributed by atoms with van der Waals surface area (Å²) in [6.07, 6.45) is 3.22. The number of carbonyl (C=O) groups is 1. The summed E-state index contributed by atoms with van der Waals surface area (Å²) in [5.74, 6) is 0.436. The lowest BCUT2D eigenvalue weighted by molar-refractivity contribution is -0.0249. The van der Waals surface area contributed by atoms with E-state index in [9.17, 15) is 9.59 Å². The molecule has 2 aromatic heterocycles. The molecule has 1 aliphatic heterocycles. The number of hydrogen-bond acceptors (Lipinski definition) is 5. The fraction of sp³-hybridized carbons (Fsp3) is 0.389. The van der Waals surface area contributed by atoms with Gasteiger partial charge >= 0.3 is 0 Å². The maximum absolute atomic E-state index is 12.8. The Bertz CT molecular complexity index is 856. The van der Waals surface area contributed by atoms with Gasteiger partial charge in [-0.1, -0.05) is 0 Å². The van der Waals surface area contributed by atoms with Crippen molar-refractivity contribution in [1.82, 2.24) is 14.5 Å². The number of morpholine rings is 1. The van der Waals surface area contributed by atoms with Crippen LogP contribution in [0.25, 0.3) is 0 Å². The molecule has 1 N–H and O–H groups in total. The highest BCUT2D eigenvalue weighted by Crippen LogP contribution is 2.19. The van der Waals surface area contributed by atoms with Gasteiger partial charge in [-0.3, -0.25) is 9.59 Å². The number of nitrogens with zero attached hydrogens (tertiary/aromatic N) is 3. The molecule has 0 aromatic carbocycles. The van der Waals surface area contributed by atoms with Crippen LogP contribution in [0.15, 0.2) is 39.9 Å². The molecule has 3 rings (SSSR count). The summed E-state index contributed by atoms with van der Waals surface area (Å²) in [4.78, 5) is 31.1. The zero-order chi connectivity index (χ0) is 18.8. The molecule has 7 nitrogen and oxygen atoms in total. The van der Waals surface area contributed by atoms with Crippen molar-refractivity contribution in [3.05, 3.63) is 51.0 Å². The Morgan fingerprint density at radius 3 is 2.62 bits per heavy atom. The van der Waals surface area contributed by atoms with E-state index in [2.05, 4.69) is 26.2 Å². The molecule has 2 aromatic rings. The molecule has 26 heavy (non-hydrogen) atoms. The van der Waals surface area contributed by atoms with Crippen LogP contribution in [0, 0.1) is 0 Å². The number of carbonyl (C=O) groups excluding carboxylic acids is 1. The Labute approximate surface area is 160 Å². The minimum Gasteiger partial charge on any atom is -0.377 e. The van der Waals surface area contributed by atoms with Crippen molar-refractivity contribution >= 4 is 33.3 Å². The van der Waals surface area contributed by atoms with Crippen LogP contribution < -0.4 is 10.9 Å². The van der Waals surface area contributed by atoms with Gasteiger partial charge in [-0.05, 0) is 48.0 Å². The smallest absolute Gasteiger partial charge is 0.274 e. The van der Waals surface area contributed by atoms with E-state index in [0.29, 0.717) is 30.3 Å². The lowest BCUT2D eigenvalue weighted by Gasteiger charge is -2.38. The molecule has 1 saturated heterocycles. The van der Waals surface area contributed by atoms with Gasteiger partial charge in [0.15, 0.2) is 0 Å². The van der Waals surface area contributed by atoms with E-state index in [1.807, 2.05) is 18.7 Å². The van der Waals surface area contributed by atoms with Crippen LogP contribution in [0.4, 0.5) is 11.5 Å². The van der Waals surface area contributed by atoms with Crippen LogP contribution >= 0.6 is 15.9 Å². The first kappa shape index (κ1) is 18.6. The number of hydrogen-bond donors (Lipinski definition) is 1. The average molecular weight is 421 g/mol. The first-order valence-electron chi connectivity index (χ1n) is 8.36. The van der Waals surface area contributed by atoms with Gasteiger partial charge in [-0.25, -0.2) is 4.98 Å². The van der Waals surface area contributed by atoms with Crippen LogP contribution in [0.1, 0.15) is 24.2 Å². The molecule has 1 fully saturated rings. The van der Waals surface area contributed by atoms with E-state index in [1.165, 1.54) is 10.8 Å². The quantitative estimate of drug-likeness (QED) is 0.825. The fourth-order valence-corrected chi connectivity index (χ4v) is 3.58. The predicted molar refractivity (Wildman–Crippen MR) is 103 cm³/mol. The number of amides is 1. The highest BCUT2D eigenvalue weighted by molar-refractivity contribution is 9.10. The molecule has 1 amide bonds. The molecule has 0 aliphatic carbocycles. The first-order chi connectivity index (χ1) is 12.4. The molecule has 0 spiro atoms. The summed E-state index contributed by atoms with van der Waals surface area (Å²) in [7, 11) is 1.68. The molecule has 2 atom stereocenters. The van der Waals surface area contributed by atoms with E-state index in [1.54, 1.807) is 31.4 Å². The molecule has 0 radical (unpaired) electrons. The second-order valence-electron chi connectivity index (χ2n) is 6.49. The van der Waals surface area contributed by atoms with Crippen LogP contribution in [-0.4, -0.2) is 45.7 Å². The monoisotopic (exact) mass is 420 g/mol. The van der Waals surface area contributed by atoms with E-state index in [0.717, 1.165) is 4.47 Å². The topological polar surface area (TPSA) is 76.5 Å². The molecule has 2 unspecified atom stereocenters. The maximum atomic E-state index is 12.8. The third-order valence-electron chi connectivity index (χ3n) is 4.33. The van der Waals surface area contributed by atoms with Gasteiger partial charge in [0, 0.05) is 23.9 Å². The normalized spacial score (nSPS) is 20.1. The molecular weight excluding hydrogens is 400 g/mol.